The lowest BCUT2D eigenvalue weighted by atomic mass is 9.72. The van der Waals surface area contributed by atoms with Gasteiger partial charge in [0.25, 0.3) is 11.8 Å². The lowest BCUT2D eigenvalue weighted by molar-refractivity contribution is -0.190. The lowest BCUT2D eigenvalue weighted by Gasteiger charge is -2.35. The van der Waals surface area contributed by atoms with Crippen LogP contribution in [0.5, 0.6) is 5.75 Å². The minimum atomic E-state index is -5.21. The Kier molecular flexibility index (Phi) is 6.49. The minimum absolute atomic E-state index is 0.0553. The fraction of sp³-hybridized carbons (Fsp3) is 0.577. The first-order valence-electron chi connectivity index (χ1n) is 12.0. The summed E-state index contributed by atoms with van der Waals surface area (Å²) < 4.78 is 49.8. The van der Waals surface area contributed by atoms with Crippen molar-refractivity contribution in [2.24, 2.45) is 11.3 Å². The van der Waals surface area contributed by atoms with Gasteiger partial charge in [0, 0.05) is 24.2 Å². The molecule has 1 saturated carbocycles. The van der Waals surface area contributed by atoms with E-state index in [0.29, 0.717) is 0 Å². The van der Waals surface area contributed by atoms with E-state index in [2.05, 4.69) is 0 Å². The van der Waals surface area contributed by atoms with Crippen molar-refractivity contribution in [2.45, 2.75) is 70.5 Å². The Hall–Kier alpha value is -2.84. The Labute approximate surface area is 202 Å². The van der Waals surface area contributed by atoms with Gasteiger partial charge in [-0.15, -0.1) is 0 Å². The van der Waals surface area contributed by atoms with Gasteiger partial charge >= 0.3 is 6.18 Å². The molecule has 1 fully saturated rings. The minimum Gasteiger partial charge on any atom is -0.497 e. The zero-order valence-electron chi connectivity index (χ0n) is 20.3. The highest BCUT2D eigenvalue weighted by Crippen LogP contribution is 2.52. The molecule has 1 aliphatic heterocycles. The molecule has 35 heavy (non-hydrogen) atoms. The SMILES string of the molecule is COc1cccc(C(=O)N[C@]2(C(F)(F)F)C(=O)N(CC3CCCCC3)C3=C2C(=O)CC(C)(C)C3)c1. The van der Waals surface area contributed by atoms with E-state index in [0.717, 1.165) is 37.0 Å². The van der Waals surface area contributed by atoms with Crippen molar-refractivity contribution in [2.75, 3.05) is 13.7 Å². The van der Waals surface area contributed by atoms with Crippen LogP contribution in [0.15, 0.2) is 35.5 Å². The van der Waals surface area contributed by atoms with E-state index in [-0.39, 0.29) is 42.3 Å². The summed E-state index contributed by atoms with van der Waals surface area (Å²) in [7, 11) is 1.37. The number of rotatable bonds is 5. The van der Waals surface area contributed by atoms with Crippen molar-refractivity contribution in [1.29, 1.82) is 0 Å². The van der Waals surface area contributed by atoms with Gasteiger partial charge in [0.2, 0.25) is 5.54 Å². The van der Waals surface area contributed by atoms with Gasteiger partial charge in [-0.3, -0.25) is 14.4 Å². The van der Waals surface area contributed by atoms with Gasteiger partial charge in [-0.1, -0.05) is 39.2 Å². The molecule has 3 aliphatic rings. The highest BCUT2D eigenvalue weighted by atomic mass is 19.4. The Morgan fingerprint density at radius 3 is 2.46 bits per heavy atom. The van der Waals surface area contributed by atoms with Crippen molar-refractivity contribution < 1.29 is 32.3 Å². The number of carbonyl (C=O) groups is 3. The third-order valence-corrected chi connectivity index (χ3v) is 7.34. The second-order valence-corrected chi connectivity index (χ2v) is 10.6. The van der Waals surface area contributed by atoms with Crippen LogP contribution >= 0.6 is 0 Å². The maximum atomic E-state index is 14.9. The number of ether oxygens (including phenoxy) is 1. The predicted molar refractivity (Wildman–Crippen MR) is 123 cm³/mol. The molecule has 0 unspecified atom stereocenters. The van der Waals surface area contributed by atoms with Crippen LogP contribution in [-0.2, 0) is 9.59 Å². The topological polar surface area (TPSA) is 75.7 Å². The molecule has 190 valence electrons. The first kappa shape index (κ1) is 25.3. The fourth-order valence-electron chi connectivity index (χ4n) is 5.65. The molecule has 0 spiro atoms. The maximum Gasteiger partial charge on any atom is 0.425 e. The van der Waals surface area contributed by atoms with Gasteiger partial charge < -0.3 is 15.0 Å². The molecule has 0 saturated heterocycles. The van der Waals surface area contributed by atoms with Gasteiger partial charge in [0.1, 0.15) is 5.75 Å². The number of ketones is 1. The molecule has 0 bridgehead atoms. The van der Waals surface area contributed by atoms with Crippen molar-refractivity contribution in [3.63, 3.8) is 0 Å². The zero-order chi connectivity index (χ0) is 25.6. The van der Waals surface area contributed by atoms with E-state index in [1.54, 1.807) is 19.9 Å². The normalized spacial score (nSPS) is 25.0. The third kappa shape index (κ3) is 4.45. The molecule has 2 aliphatic carbocycles. The van der Waals surface area contributed by atoms with Crippen LogP contribution in [0, 0.1) is 11.3 Å². The molecule has 0 radical (unpaired) electrons. The van der Waals surface area contributed by atoms with Crippen LogP contribution in [0.2, 0.25) is 0 Å². The number of nitrogens with zero attached hydrogens (tertiary/aromatic N) is 1. The standard InChI is InChI=1S/C26H31F3N2O4/c1-24(2)13-19-21(20(32)14-24)25(26(27,28)29,23(34)31(19)15-16-8-5-4-6-9-16)30-22(33)17-10-7-11-18(12-17)35-3/h7,10-12,16H,4-6,8-9,13-15H2,1-3H3,(H,30,33)/t25-/m0/s1. The second kappa shape index (κ2) is 8.99. The number of benzene rings is 1. The monoisotopic (exact) mass is 492 g/mol. The number of carbonyl (C=O) groups excluding carboxylic acids is 3. The van der Waals surface area contributed by atoms with E-state index in [1.807, 2.05) is 5.32 Å². The first-order valence-corrected chi connectivity index (χ1v) is 12.0. The molecule has 1 aromatic rings. The molecule has 1 N–H and O–H groups in total. The molecule has 6 nitrogen and oxygen atoms in total. The summed E-state index contributed by atoms with van der Waals surface area (Å²) in [5.74, 6) is -2.80. The Morgan fingerprint density at radius 1 is 1.14 bits per heavy atom. The Balaban J connectivity index is 1.81. The van der Waals surface area contributed by atoms with Crippen LogP contribution in [0.25, 0.3) is 0 Å². The highest BCUT2D eigenvalue weighted by molar-refractivity contribution is 6.14. The number of hydrogen-bond donors (Lipinski definition) is 1. The van der Waals surface area contributed by atoms with E-state index in [4.69, 9.17) is 4.74 Å². The molecular formula is C26H31F3N2O4. The van der Waals surface area contributed by atoms with Crippen molar-refractivity contribution in [3.05, 3.63) is 41.1 Å². The Morgan fingerprint density at radius 2 is 1.83 bits per heavy atom. The van der Waals surface area contributed by atoms with Crippen LogP contribution in [0.3, 0.4) is 0 Å². The molecule has 1 atom stereocenters. The van der Waals surface area contributed by atoms with Gasteiger partial charge in [0.15, 0.2) is 5.78 Å². The molecule has 2 amide bonds. The summed E-state index contributed by atoms with van der Waals surface area (Å²) in [5.41, 5.74) is -4.63. The summed E-state index contributed by atoms with van der Waals surface area (Å²) in [5, 5.41) is 1.98. The summed E-state index contributed by atoms with van der Waals surface area (Å²) >= 11 is 0. The summed E-state index contributed by atoms with van der Waals surface area (Å²) in [4.78, 5) is 41.2. The Bertz CT molecular complexity index is 1070. The van der Waals surface area contributed by atoms with Gasteiger partial charge in [-0.2, -0.15) is 13.2 Å². The molecule has 4 rings (SSSR count). The molecule has 1 aromatic carbocycles. The lowest BCUT2D eigenvalue weighted by Crippen LogP contribution is -2.66. The van der Waals surface area contributed by atoms with E-state index in [1.165, 1.54) is 25.3 Å². The quantitative estimate of drug-likeness (QED) is 0.641. The molecular weight excluding hydrogens is 461 g/mol. The number of hydrogen-bond acceptors (Lipinski definition) is 4. The number of allylic oxidation sites excluding steroid dienone is 1. The number of alkyl halides is 3. The zero-order valence-corrected chi connectivity index (χ0v) is 20.3. The van der Waals surface area contributed by atoms with Crippen LogP contribution < -0.4 is 10.1 Å². The molecule has 0 aromatic heterocycles. The summed E-state index contributed by atoms with van der Waals surface area (Å²) in [6.45, 7) is 3.73. The first-order chi connectivity index (χ1) is 16.4. The van der Waals surface area contributed by atoms with E-state index in [9.17, 15) is 27.6 Å². The summed E-state index contributed by atoms with van der Waals surface area (Å²) in [6, 6.07) is 5.65. The van der Waals surface area contributed by atoms with Crippen molar-refractivity contribution in [1.82, 2.24) is 10.2 Å². The van der Waals surface area contributed by atoms with Gasteiger partial charge in [-0.05, 0) is 48.8 Å². The predicted octanol–water partition coefficient (Wildman–Crippen LogP) is 4.79. The second-order valence-electron chi connectivity index (χ2n) is 10.6. The fourth-order valence-corrected chi connectivity index (χ4v) is 5.65. The van der Waals surface area contributed by atoms with Crippen LogP contribution in [0.4, 0.5) is 13.2 Å². The smallest absolute Gasteiger partial charge is 0.425 e. The van der Waals surface area contributed by atoms with Crippen molar-refractivity contribution in [3.8, 4) is 5.75 Å². The van der Waals surface area contributed by atoms with E-state index >= 15 is 0 Å². The number of halogens is 3. The van der Waals surface area contributed by atoms with Gasteiger partial charge in [-0.25, -0.2) is 0 Å². The largest absolute Gasteiger partial charge is 0.497 e. The summed E-state index contributed by atoms with van der Waals surface area (Å²) in [6.07, 6.45) is -0.578. The van der Waals surface area contributed by atoms with Gasteiger partial charge in [0.05, 0.1) is 12.7 Å². The number of amides is 2. The molecule has 1 heterocycles. The van der Waals surface area contributed by atoms with Crippen LogP contribution in [-0.4, -0.2) is 47.9 Å². The molecule has 9 heteroatoms. The average molecular weight is 493 g/mol. The maximum absolute atomic E-state index is 14.9. The average Bonchev–Trinajstić information content (AvgIpc) is 3.02. The number of methoxy groups -OCH3 is 1. The van der Waals surface area contributed by atoms with E-state index < -0.39 is 40.3 Å². The highest BCUT2D eigenvalue weighted by Gasteiger charge is 2.71. The third-order valence-electron chi connectivity index (χ3n) is 7.34. The number of Topliss-reactive ketones (excluding diaryl/α,β-unsaturated/α-hetero) is 1. The number of nitrogens with one attached hydrogen (secondary N) is 1. The van der Waals surface area contributed by atoms with Crippen molar-refractivity contribution >= 4 is 17.6 Å². The van der Waals surface area contributed by atoms with Crippen LogP contribution in [0.1, 0.15) is 69.2 Å².